The Morgan fingerprint density at radius 3 is 1.88 bits per heavy atom. The summed E-state index contributed by atoms with van der Waals surface area (Å²) in [4.78, 5) is 55.3. The molecule has 34 heavy (non-hydrogen) atoms. The Morgan fingerprint density at radius 1 is 0.882 bits per heavy atom. The first kappa shape index (κ1) is 25.2. The van der Waals surface area contributed by atoms with Crippen molar-refractivity contribution in [3.8, 4) is 5.69 Å². The Bertz CT molecular complexity index is 1350. The van der Waals surface area contributed by atoms with Crippen molar-refractivity contribution >= 4 is 34.7 Å². The number of aromatic nitrogens is 4. The van der Waals surface area contributed by atoms with E-state index in [0.29, 0.717) is 10.7 Å². The Balaban J connectivity index is 2.17. The molecule has 0 aliphatic rings. The quantitative estimate of drug-likeness (QED) is 0.505. The van der Waals surface area contributed by atoms with E-state index < -0.39 is 47.5 Å². The third kappa shape index (κ3) is 5.06. The number of hydrogen-bond donors (Lipinski definition) is 0. The van der Waals surface area contributed by atoms with Crippen LogP contribution in [0.15, 0.2) is 40.2 Å². The molecule has 0 saturated carbocycles. The van der Waals surface area contributed by atoms with Crippen LogP contribution < -0.4 is 11.2 Å². The molecule has 0 atom stereocenters. The van der Waals surface area contributed by atoms with Crippen LogP contribution in [0.25, 0.3) is 16.9 Å². The molecule has 0 fully saturated rings. The Labute approximate surface area is 200 Å². The van der Waals surface area contributed by atoms with E-state index in [1.165, 1.54) is 10.9 Å². The van der Waals surface area contributed by atoms with Crippen LogP contribution in [0.4, 0.5) is 0 Å². The van der Waals surface area contributed by atoms with Gasteiger partial charge in [0.05, 0.1) is 10.8 Å². The molecule has 3 aromatic rings. The molecule has 182 valence electrons. The van der Waals surface area contributed by atoms with E-state index >= 15 is 0 Å². The van der Waals surface area contributed by atoms with Gasteiger partial charge in [0.2, 0.25) is 0 Å². The highest BCUT2D eigenvalue weighted by molar-refractivity contribution is 6.30. The molecule has 2 aromatic heterocycles. The van der Waals surface area contributed by atoms with Gasteiger partial charge in [-0.2, -0.15) is 0 Å². The van der Waals surface area contributed by atoms with Gasteiger partial charge in [0.1, 0.15) is 6.33 Å². The van der Waals surface area contributed by atoms with Crippen molar-refractivity contribution in [2.75, 3.05) is 0 Å². The van der Waals surface area contributed by atoms with Crippen molar-refractivity contribution in [2.45, 2.75) is 55.0 Å². The number of hydrogen-bond acceptors (Lipinski definition) is 7. The second kappa shape index (κ2) is 9.09. The number of imidazole rings is 1. The van der Waals surface area contributed by atoms with Gasteiger partial charge in [-0.05, 0) is 65.8 Å². The van der Waals surface area contributed by atoms with Gasteiger partial charge in [-0.1, -0.05) is 11.6 Å². The first-order valence-electron chi connectivity index (χ1n) is 10.5. The summed E-state index contributed by atoms with van der Waals surface area (Å²) in [6.07, 6.45) is 1.38. The number of benzene rings is 1. The normalized spacial score (nSPS) is 12.1. The van der Waals surface area contributed by atoms with Crippen LogP contribution in [0.5, 0.6) is 0 Å². The molecule has 10 nitrogen and oxygen atoms in total. The number of esters is 2. The highest BCUT2D eigenvalue weighted by atomic mass is 35.5. The molecular weight excluding hydrogens is 464 g/mol. The number of fused-ring (bicyclic) bond motifs is 1. The van der Waals surface area contributed by atoms with Crippen molar-refractivity contribution in [1.82, 2.24) is 18.7 Å². The van der Waals surface area contributed by atoms with Gasteiger partial charge in [0.15, 0.2) is 24.6 Å². The minimum absolute atomic E-state index is 0.0186. The molecule has 2 heterocycles. The second-order valence-corrected chi connectivity index (χ2v) is 10.3. The van der Waals surface area contributed by atoms with Crippen molar-refractivity contribution in [1.29, 1.82) is 0 Å². The van der Waals surface area contributed by atoms with Crippen molar-refractivity contribution in [3.63, 3.8) is 0 Å². The summed E-state index contributed by atoms with van der Waals surface area (Å²) in [5, 5.41) is 0.505. The zero-order chi connectivity index (χ0) is 25.4. The number of rotatable bonds is 5. The van der Waals surface area contributed by atoms with Crippen LogP contribution in [0.1, 0.15) is 41.5 Å². The molecule has 11 heteroatoms. The van der Waals surface area contributed by atoms with E-state index in [2.05, 4.69) is 4.98 Å². The van der Waals surface area contributed by atoms with Crippen molar-refractivity contribution in [2.24, 2.45) is 10.8 Å². The summed E-state index contributed by atoms with van der Waals surface area (Å²) in [6, 6.07) is 6.66. The first-order chi connectivity index (χ1) is 15.7. The molecule has 1 aromatic carbocycles. The van der Waals surface area contributed by atoms with Gasteiger partial charge in [0.25, 0.3) is 5.56 Å². The Morgan fingerprint density at radius 2 is 1.38 bits per heavy atom. The Kier molecular flexibility index (Phi) is 6.75. The van der Waals surface area contributed by atoms with E-state index in [9.17, 15) is 19.2 Å². The summed E-state index contributed by atoms with van der Waals surface area (Å²) in [6.45, 7) is 8.91. The predicted octanol–water partition coefficient (Wildman–Crippen LogP) is 3.10. The standard InChI is InChI=1S/C23H27ClN4O6/c1-22(2,3)19(30)33-12-27-17-16(26(11-25-17)15-9-7-14(24)8-10-15)18(29)28(21(27)32)13-34-20(31)23(4,5)6/h7-11H,12-13H2,1-6H3. The van der Waals surface area contributed by atoms with Crippen molar-refractivity contribution < 1.29 is 19.1 Å². The highest BCUT2D eigenvalue weighted by Gasteiger charge is 2.27. The molecule has 0 amide bonds. The molecule has 0 radical (unpaired) electrons. The fraction of sp³-hybridized carbons (Fsp3) is 0.435. The molecule has 0 saturated heterocycles. The summed E-state index contributed by atoms with van der Waals surface area (Å²) in [7, 11) is 0. The van der Waals surface area contributed by atoms with Gasteiger partial charge in [-0.3, -0.25) is 19.0 Å². The van der Waals surface area contributed by atoms with Crippen molar-refractivity contribution in [3.05, 3.63) is 56.5 Å². The van der Waals surface area contributed by atoms with Crippen LogP contribution in [-0.4, -0.2) is 30.6 Å². The monoisotopic (exact) mass is 490 g/mol. The number of halogens is 1. The molecule has 3 rings (SSSR count). The zero-order valence-electron chi connectivity index (χ0n) is 19.9. The van der Waals surface area contributed by atoms with Crippen LogP contribution in [0, 0.1) is 10.8 Å². The second-order valence-electron chi connectivity index (χ2n) is 9.83. The third-order valence-electron chi connectivity index (χ3n) is 4.89. The van der Waals surface area contributed by atoms with E-state index in [1.54, 1.807) is 65.8 Å². The van der Waals surface area contributed by atoms with E-state index in [-0.39, 0.29) is 11.2 Å². The average Bonchev–Trinajstić information content (AvgIpc) is 3.17. The molecule has 0 unspecified atom stereocenters. The fourth-order valence-corrected chi connectivity index (χ4v) is 3.02. The van der Waals surface area contributed by atoms with E-state index in [0.717, 1.165) is 9.13 Å². The lowest BCUT2D eigenvalue weighted by Crippen LogP contribution is -2.43. The van der Waals surface area contributed by atoms with Gasteiger partial charge >= 0.3 is 17.6 Å². The third-order valence-corrected chi connectivity index (χ3v) is 5.14. The number of carbonyl (C=O) groups excluding carboxylic acids is 2. The molecule has 0 spiro atoms. The molecule has 0 N–H and O–H groups in total. The topological polar surface area (TPSA) is 114 Å². The number of nitrogens with zero attached hydrogens (tertiary/aromatic N) is 4. The summed E-state index contributed by atoms with van der Waals surface area (Å²) < 4.78 is 13.9. The molecular formula is C23H27ClN4O6. The lowest BCUT2D eigenvalue weighted by atomic mass is 9.97. The van der Waals surface area contributed by atoms with Crippen LogP contribution in [-0.2, 0) is 32.5 Å². The smallest absolute Gasteiger partial charge is 0.338 e. The first-order valence-corrected chi connectivity index (χ1v) is 10.9. The summed E-state index contributed by atoms with van der Waals surface area (Å²) in [5.41, 5.74) is -2.55. The largest absolute Gasteiger partial charge is 0.443 e. The number of carbonyl (C=O) groups is 2. The highest BCUT2D eigenvalue weighted by Crippen LogP contribution is 2.19. The van der Waals surface area contributed by atoms with Gasteiger partial charge in [0, 0.05) is 10.7 Å². The minimum atomic E-state index is -0.833. The van der Waals surface area contributed by atoms with Crippen LogP contribution in [0.3, 0.4) is 0 Å². The van der Waals surface area contributed by atoms with Crippen LogP contribution in [0.2, 0.25) is 5.02 Å². The van der Waals surface area contributed by atoms with E-state index in [4.69, 9.17) is 21.1 Å². The molecule has 0 aliphatic carbocycles. The summed E-state index contributed by atoms with van der Waals surface area (Å²) in [5.74, 6) is -1.13. The summed E-state index contributed by atoms with van der Waals surface area (Å²) >= 11 is 5.98. The Hall–Kier alpha value is -3.40. The lowest BCUT2D eigenvalue weighted by Gasteiger charge is -2.19. The maximum Gasteiger partial charge on any atom is 0.338 e. The van der Waals surface area contributed by atoms with Gasteiger partial charge in [-0.15, -0.1) is 0 Å². The van der Waals surface area contributed by atoms with Gasteiger partial charge < -0.3 is 9.47 Å². The van der Waals surface area contributed by atoms with Gasteiger partial charge in [-0.25, -0.2) is 18.9 Å². The number of ether oxygens (including phenoxy) is 2. The zero-order valence-corrected chi connectivity index (χ0v) is 20.7. The minimum Gasteiger partial charge on any atom is -0.443 e. The maximum absolute atomic E-state index is 13.3. The maximum atomic E-state index is 13.3. The lowest BCUT2D eigenvalue weighted by molar-refractivity contribution is -0.157. The van der Waals surface area contributed by atoms with E-state index in [1.807, 2.05) is 0 Å². The molecule has 0 aliphatic heterocycles. The fourth-order valence-electron chi connectivity index (χ4n) is 2.89. The van der Waals surface area contributed by atoms with Crippen LogP contribution >= 0.6 is 11.6 Å². The average molecular weight is 491 g/mol. The predicted molar refractivity (Wildman–Crippen MR) is 126 cm³/mol. The SMILES string of the molecule is CC(C)(C)C(=O)OCn1c(=O)c2c(ncn2-c2ccc(Cl)cc2)n(COC(=O)C(C)(C)C)c1=O. The molecule has 0 bridgehead atoms.